The SMILES string of the molecule is CCCCCCC(C)(CCCC)c1ncc(C)cn1. The monoisotopic (exact) mass is 262 g/mol. The van der Waals surface area contributed by atoms with Gasteiger partial charge in [0.25, 0.3) is 0 Å². The molecule has 1 unspecified atom stereocenters. The Balaban J connectivity index is 2.70. The molecule has 108 valence electrons. The summed E-state index contributed by atoms with van der Waals surface area (Å²) < 4.78 is 0. The lowest BCUT2D eigenvalue weighted by atomic mass is 9.79. The third-order valence-electron chi connectivity index (χ3n) is 3.98. The maximum atomic E-state index is 4.59. The van der Waals surface area contributed by atoms with E-state index in [0.717, 1.165) is 11.4 Å². The van der Waals surface area contributed by atoms with Crippen LogP contribution in [-0.4, -0.2) is 9.97 Å². The van der Waals surface area contributed by atoms with Gasteiger partial charge in [-0.05, 0) is 25.3 Å². The van der Waals surface area contributed by atoms with Gasteiger partial charge in [0, 0.05) is 17.8 Å². The minimum atomic E-state index is 0.164. The van der Waals surface area contributed by atoms with Gasteiger partial charge in [-0.1, -0.05) is 59.3 Å². The third kappa shape index (κ3) is 5.30. The predicted molar refractivity (Wildman–Crippen MR) is 82.4 cm³/mol. The summed E-state index contributed by atoms with van der Waals surface area (Å²) in [6.07, 6.45) is 14.1. The summed E-state index contributed by atoms with van der Waals surface area (Å²) in [5, 5.41) is 0. The standard InChI is InChI=1S/C17H30N2/c1-5-7-9-10-12-17(4,11-8-6-2)16-18-13-15(3)14-19-16/h13-14H,5-12H2,1-4H3. The molecule has 0 aromatic carbocycles. The number of hydrogen-bond donors (Lipinski definition) is 0. The molecular weight excluding hydrogens is 232 g/mol. The maximum Gasteiger partial charge on any atom is 0.134 e. The van der Waals surface area contributed by atoms with Crippen LogP contribution >= 0.6 is 0 Å². The second kappa shape index (κ2) is 8.29. The largest absolute Gasteiger partial charge is 0.241 e. The highest BCUT2D eigenvalue weighted by atomic mass is 14.9. The van der Waals surface area contributed by atoms with Crippen molar-refractivity contribution < 1.29 is 0 Å². The van der Waals surface area contributed by atoms with Crippen LogP contribution in [-0.2, 0) is 5.41 Å². The fourth-order valence-corrected chi connectivity index (χ4v) is 2.56. The molecule has 1 rings (SSSR count). The molecule has 19 heavy (non-hydrogen) atoms. The summed E-state index contributed by atoms with van der Waals surface area (Å²) in [6, 6.07) is 0. The summed E-state index contributed by atoms with van der Waals surface area (Å²) in [5.74, 6) is 1.04. The average Bonchev–Trinajstić information content (AvgIpc) is 2.42. The van der Waals surface area contributed by atoms with Crippen LogP contribution in [0.1, 0.15) is 83.5 Å². The Labute approximate surface area is 119 Å². The number of hydrogen-bond acceptors (Lipinski definition) is 2. The average molecular weight is 262 g/mol. The second-order valence-electron chi connectivity index (χ2n) is 6.06. The molecule has 0 bridgehead atoms. The van der Waals surface area contributed by atoms with E-state index in [-0.39, 0.29) is 5.41 Å². The molecule has 0 spiro atoms. The fourth-order valence-electron chi connectivity index (χ4n) is 2.56. The van der Waals surface area contributed by atoms with E-state index in [1.165, 1.54) is 51.4 Å². The Hall–Kier alpha value is -0.920. The first-order valence-electron chi connectivity index (χ1n) is 7.91. The van der Waals surface area contributed by atoms with Crippen molar-refractivity contribution >= 4 is 0 Å². The molecule has 0 aliphatic heterocycles. The van der Waals surface area contributed by atoms with Crippen molar-refractivity contribution in [3.8, 4) is 0 Å². The van der Waals surface area contributed by atoms with Crippen LogP contribution < -0.4 is 0 Å². The highest BCUT2D eigenvalue weighted by Crippen LogP contribution is 2.32. The summed E-state index contributed by atoms with van der Waals surface area (Å²) in [4.78, 5) is 9.18. The molecule has 0 saturated heterocycles. The molecule has 0 amide bonds. The molecule has 0 N–H and O–H groups in total. The van der Waals surface area contributed by atoms with Gasteiger partial charge in [0.2, 0.25) is 0 Å². The second-order valence-corrected chi connectivity index (χ2v) is 6.06. The molecule has 2 heteroatoms. The van der Waals surface area contributed by atoms with Gasteiger partial charge in [-0.3, -0.25) is 0 Å². The lowest BCUT2D eigenvalue weighted by molar-refractivity contribution is 0.349. The van der Waals surface area contributed by atoms with Crippen molar-refractivity contribution in [2.45, 2.75) is 84.5 Å². The van der Waals surface area contributed by atoms with Crippen molar-refractivity contribution in [3.63, 3.8) is 0 Å². The zero-order chi connectivity index (χ0) is 14.1. The highest BCUT2D eigenvalue weighted by Gasteiger charge is 2.28. The van der Waals surface area contributed by atoms with Gasteiger partial charge >= 0.3 is 0 Å². The highest BCUT2D eigenvalue weighted by molar-refractivity contribution is 5.10. The molecule has 0 aliphatic rings. The third-order valence-corrected chi connectivity index (χ3v) is 3.98. The fraction of sp³-hybridized carbons (Fsp3) is 0.765. The molecule has 1 aromatic rings. The number of rotatable bonds is 9. The van der Waals surface area contributed by atoms with E-state index in [0.29, 0.717) is 0 Å². The van der Waals surface area contributed by atoms with E-state index in [1.54, 1.807) is 0 Å². The van der Waals surface area contributed by atoms with E-state index in [1.807, 2.05) is 12.4 Å². The van der Waals surface area contributed by atoms with E-state index in [4.69, 9.17) is 0 Å². The first-order chi connectivity index (χ1) is 9.12. The topological polar surface area (TPSA) is 25.8 Å². The minimum Gasteiger partial charge on any atom is -0.241 e. The molecule has 0 fully saturated rings. The van der Waals surface area contributed by atoms with E-state index >= 15 is 0 Å². The maximum absolute atomic E-state index is 4.59. The van der Waals surface area contributed by atoms with Crippen LogP contribution in [0.2, 0.25) is 0 Å². The minimum absolute atomic E-state index is 0.164. The zero-order valence-electron chi connectivity index (χ0n) is 13.2. The zero-order valence-corrected chi connectivity index (χ0v) is 13.2. The Morgan fingerprint density at radius 3 is 2.05 bits per heavy atom. The van der Waals surface area contributed by atoms with Gasteiger partial charge in [-0.25, -0.2) is 9.97 Å². The van der Waals surface area contributed by atoms with Crippen LogP contribution in [0.15, 0.2) is 12.4 Å². The molecular formula is C17H30N2. The Morgan fingerprint density at radius 1 is 0.895 bits per heavy atom. The number of aromatic nitrogens is 2. The van der Waals surface area contributed by atoms with Crippen LogP contribution in [0, 0.1) is 6.92 Å². The Bertz CT molecular complexity index is 345. The van der Waals surface area contributed by atoms with Crippen molar-refractivity contribution in [3.05, 3.63) is 23.8 Å². The lowest BCUT2D eigenvalue weighted by Crippen LogP contribution is -2.25. The summed E-state index contributed by atoms with van der Waals surface area (Å²) in [6.45, 7) is 8.92. The first-order valence-corrected chi connectivity index (χ1v) is 7.91. The smallest absolute Gasteiger partial charge is 0.134 e. The van der Waals surface area contributed by atoms with Crippen LogP contribution in [0.5, 0.6) is 0 Å². The number of nitrogens with zero attached hydrogens (tertiary/aromatic N) is 2. The van der Waals surface area contributed by atoms with Crippen molar-refractivity contribution in [1.82, 2.24) is 9.97 Å². The Morgan fingerprint density at radius 2 is 1.47 bits per heavy atom. The number of unbranched alkanes of at least 4 members (excludes halogenated alkanes) is 4. The molecule has 1 aromatic heterocycles. The van der Waals surface area contributed by atoms with E-state index in [2.05, 4.69) is 37.7 Å². The quantitative estimate of drug-likeness (QED) is 0.571. The van der Waals surface area contributed by atoms with Crippen LogP contribution in [0.25, 0.3) is 0 Å². The molecule has 0 saturated carbocycles. The lowest BCUT2D eigenvalue weighted by Gasteiger charge is -2.28. The molecule has 1 atom stereocenters. The van der Waals surface area contributed by atoms with Crippen molar-refractivity contribution in [2.75, 3.05) is 0 Å². The summed E-state index contributed by atoms with van der Waals surface area (Å²) in [5.41, 5.74) is 1.31. The van der Waals surface area contributed by atoms with Crippen LogP contribution in [0.4, 0.5) is 0 Å². The predicted octanol–water partition coefficient (Wildman–Crippen LogP) is 5.20. The first kappa shape index (κ1) is 16.1. The van der Waals surface area contributed by atoms with Gasteiger partial charge in [-0.2, -0.15) is 0 Å². The Kier molecular flexibility index (Phi) is 7.04. The molecule has 0 radical (unpaired) electrons. The summed E-state index contributed by atoms with van der Waals surface area (Å²) >= 11 is 0. The van der Waals surface area contributed by atoms with Crippen molar-refractivity contribution in [1.29, 1.82) is 0 Å². The molecule has 1 heterocycles. The van der Waals surface area contributed by atoms with Gasteiger partial charge in [0.1, 0.15) is 5.82 Å². The van der Waals surface area contributed by atoms with Gasteiger partial charge in [0.05, 0.1) is 0 Å². The normalized spacial score (nSPS) is 14.3. The molecule has 2 nitrogen and oxygen atoms in total. The van der Waals surface area contributed by atoms with Gasteiger partial charge < -0.3 is 0 Å². The van der Waals surface area contributed by atoms with Gasteiger partial charge in [0.15, 0.2) is 0 Å². The molecule has 0 aliphatic carbocycles. The number of aryl methyl sites for hydroxylation is 1. The van der Waals surface area contributed by atoms with Crippen molar-refractivity contribution in [2.24, 2.45) is 0 Å². The summed E-state index contributed by atoms with van der Waals surface area (Å²) in [7, 11) is 0. The van der Waals surface area contributed by atoms with E-state index < -0.39 is 0 Å². The van der Waals surface area contributed by atoms with Crippen LogP contribution in [0.3, 0.4) is 0 Å². The van der Waals surface area contributed by atoms with Gasteiger partial charge in [-0.15, -0.1) is 0 Å². The van der Waals surface area contributed by atoms with E-state index in [9.17, 15) is 0 Å².